The predicted molar refractivity (Wildman–Crippen MR) is 231 cm³/mol. The van der Waals surface area contributed by atoms with E-state index in [4.69, 9.17) is 18.5 Å². The molecule has 0 rings (SSSR count). The summed E-state index contributed by atoms with van der Waals surface area (Å²) in [7, 11) is 1.17. The fraction of sp³-hybridized carbons (Fsp3) is 0.913. The Bertz CT molecular complexity index is 956. The van der Waals surface area contributed by atoms with Gasteiger partial charge in [0, 0.05) is 12.8 Å². The molecule has 56 heavy (non-hydrogen) atoms. The molecule has 332 valence electrons. The highest BCUT2D eigenvalue weighted by Gasteiger charge is 2.21. The molecule has 0 radical (unpaired) electrons. The monoisotopic (exact) mass is 816 g/mol. The number of esters is 2. The fourth-order valence-electron chi connectivity index (χ4n) is 6.75. The van der Waals surface area contributed by atoms with Crippen molar-refractivity contribution in [2.45, 2.75) is 225 Å². The van der Waals surface area contributed by atoms with Gasteiger partial charge in [0.15, 0.2) is 6.10 Å². The molecule has 0 aromatic heterocycles. The number of nitrogens with zero attached hydrogens (tertiary/aromatic N) is 1. The zero-order valence-corrected chi connectivity index (χ0v) is 38.1. The number of phosphoric ester groups is 1. The standard InChI is InChI=1S/C46H90NO8P/c1-6-8-10-12-14-16-18-20-22-23-25-26-28-30-32-34-36-38-45(48)52-42-44(43-54-56(50,51)53-41-40-47(3,4)5)55-46(49)39-37-35-33-31-29-27-24-21-19-17-15-13-11-9-7-2/h7,44H,2,6,8-43H2,1,3-5H3/t44-/m1/s1. The molecule has 10 heteroatoms. The van der Waals surface area contributed by atoms with E-state index in [1.54, 1.807) is 0 Å². The van der Waals surface area contributed by atoms with Crippen LogP contribution in [0.1, 0.15) is 219 Å². The van der Waals surface area contributed by atoms with Crippen LogP contribution in [0.3, 0.4) is 0 Å². The quantitative estimate of drug-likeness (QED) is 0.0196. The molecule has 1 unspecified atom stereocenters. The summed E-state index contributed by atoms with van der Waals surface area (Å²) in [6.45, 7) is 5.78. The molecule has 0 aliphatic heterocycles. The number of unbranched alkanes of at least 4 members (excludes halogenated alkanes) is 29. The second-order valence-electron chi connectivity index (χ2n) is 17.2. The largest absolute Gasteiger partial charge is 0.756 e. The minimum Gasteiger partial charge on any atom is -0.756 e. The SMILES string of the molecule is C=CCCCCCCCCCCCCCCCC(=O)O[C@H](COC(=O)CCCCCCCCCCCCCCCCCCC)COP(=O)([O-])OCC[N+](C)(C)C. The van der Waals surface area contributed by atoms with Crippen LogP contribution in [0.25, 0.3) is 0 Å². The Balaban J connectivity index is 4.26. The van der Waals surface area contributed by atoms with Gasteiger partial charge in [0.25, 0.3) is 7.82 Å². The van der Waals surface area contributed by atoms with E-state index in [-0.39, 0.29) is 32.0 Å². The lowest BCUT2D eigenvalue weighted by Crippen LogP contribution is -2.37. The van der Waals surface area contributed by atoms with Gasteiger partial charge in [0.1, 0.15) is 19.8 Å². The van der Waals surface area contributed by atoms with Crippen molar-refractivity contribution in [3.8, 4) is 0 Å². The molecule has 0 fully saturated rings. The number of hydrogen-bond acceptors (Lipinski definition) is 8. The number of phosphoric acid groups is 1. The molecule has 0 aliphatic carbocycles. The first kappa shape index (κ1) is 54.8. The van der Waals surface area contributed by atoms with Crippen LogP contribution in [-0.4, -0.2) is 70.0 Å². The lowest BCUT2D eigenvalue weighted by Gasteiger charge is -2.28. The van der Waals surface area contributed by atoms with Crippen LogP contribution in [0.5, 0.6) is 0 Å². The van der Waals surface area contributed by atoms with Crippen molar-refractivity contribution in [1.82, 2.24) is 0 Å². The molecular formula is C46H90NO8P. The Morgan fingerprint density at radius 1 is 0.571 bits per heavy atom. The average Bonchev–Trinajstić information content (AvgIpc) is 3.15. The summed E-state index contributed by atoms with van der Waals surface area (Å²) in [5.41, 5.74) is 0. The summed E-state index contributed by atoms with van der Waals surface area (Å²) in [5.74, 6) is -0.824. The van der Waals surface area contributed by atoms with Gasteiger partial charge in [0.2, 0.25) is 0 Å². The number of hydrogen-bond donors (Lipinski definition) is 0. The highest BCUT2D eigenvalue weighted by molar-refractivity contribution is 7.45. The van der Waals surface area contributed by atoms with E-state index in [0.717, 1.165) is 44.9 Å². The Kier molecular flexibility index (Phi) is 38.3. The number of likely N-dealkylation sites (N-methyl/N-ethyl adjacent to an activating group) is 1. The molecule has 0 aromatic carbocycles. The maximum atomic E-state index is 12.7. The second kappa shape index (κ2) is 39.2. The van der Waals surface area contributed by atoms with Crippen LogP contribution in [0, 0.1) is 0 Å². The van der Waals surface area contributed by atoms with Crippen molar-refractivity contribution in [3.63, 3.8) is 0 Å². The molecular weight excluding hydrogens is 725 g/mol. The molecule has 0 aliphatic rings. The van der Waals surface area contributed by atoms with Crippen molar-refractivity contribution >= 4 is 19.8 Å². The Morgan fingerprint density at radius 3 is 1.34 bits per heavy atom. The number of carbonyl (C=O) groups is 2. The summed E-state index contributed by atoms with van der Waals surface area (Å²) in [6.07, 6.45) is 39.8. The molecule has 0 saturated heterocycles. The maximum absolute atomic E-state index is 12.7. The van der Waals surface area contributed by atoms with Gasteiger partial charge in [-0.2, -0.15) is 0 Å². The van der Waals surface area contributed by atoms with Crippen molar-refractivity contribution in [2.24, 2.45) is 0 Å². The normalized spacial score (nSPS) is 13.4. The van der Waals surface area contributed by atoms with E-state index in [0.29, 0.717) is 17.4 Å². The molecule has 0 heterocycles. The van der Waals surface area contributed by atoms with E-state index in [1.165, 1.54) is 148 Å². The van der Waals surface area contributed by atoms with Crippen LogP contribution in [0.4, 0.5) is 0 Å². The molecule has 2 atom stereocenters. The van der Waals surface area contributed by atoms with Crippen molar-refractivity contribution in [2.75, 3.05) is 47.5 Å². The summed E-state index contributed by atoms with van der Waals surface area (Å²) in [5, 5.41) is 0. The van der Waals surface area contributed by atoms with Gasteiger partial charge in [-0.25, -0.2) is 0 Å². The summed E-state index contributed by atoms with van der Waals surface area (Å²) >= 11 is 0. The molecule has 0 bridgehead atoms. The van der Waals surface area contributed by atoms with E-state index in [9.17, 15) is 19.0 Å². The molecule has 0 spiro atoms. The second-order valence-corrected chi connectivity index (χ2v) is 18.6. The summed E-state index contributed by atoms with van der Waals surface area (Å²) < 4.78 is 34.0. The van der Waals surface area contributed by atoms with Gasteiger partial charge in [-0.1, -0.05) is 186 Å². The van der Waals surface area contributed by atoms with E-state index >= 15 is 0 Å². The van der Waals surface area contributed by atoms with Gasteiger partial charge in [-0.05, 0) is 25.7 Å². The summed E-state index contributed by atoms with van der Waals surface area (Å²) in [4.78, 5) is 37.6. The Morgan fingerprint density at radius 2 is 0.946 bits per heavy atom. The smallest absolute Gasteiger partial charge is 0.306 e. The van der Waals surface area contributed by atoms with Gasteiger partial charge >= 0.3 is 11.9 Å². The van der Waals surface area contributed by atoms with Crippen molar-refractivity contribution < 1.29 is 42.1 Å². The number of carbonyl (C=O) groups excluding carboxylic acids is 2. The Labute approximate surface area is 346 Å². The fourth-order valence-corrected chi connectivity index (χ4v) is 7.48. The molecule has 9 nitrogen and oxygen atoms in total. The number of allylic oxidation sites excluding steroid dienone is 1. The van der Waals surface area contributed by atoms with Gasteiger partial charge in [-0.15, -0.1) is 6.58 Å². The first-order valence-corrected chi connectivity index (χ1v) is 24.8. The molecule has 0 amide bonds. The lowest BCUT2D eigenvalue weighted by molar-refractivity contribution is -0.870. The zero-order valence-electron chi connectivity index (χ0n) is 37.2. The van der Waals surface area contributed by atoms with Crippen molar-refractivity contribution in [1.29, 1.82) is 0 Å². The predicted octanol–water partition coefficient (Wildman–Crippen LogP) is 12.7. The molecule has 0 N–H and O–H groups in total. The highest BCUT2D eigenvalue weighted by atomic mass is 31.2. The minimum absolute atomic E-state index is 0.0280. The number of rotatable bonds is 44. The number of ether oxygens (including phenoxy) is 2. The van der Waals surface area contributed by atoms with E-state index in [2.05, 4.69) is 13.5 Å². The zero-order chi connectivity index (χ0) is 41.4. The van der Waals surface area contributed by atoms with Crippen LogP contribution in [-0.2, 0) is 32.7 Å². The van der Waals surface area contributed by atoms with Crippen LogP contribution < -0.4 is 4.89 Å². The number of quaternary nitrogens is 1. The third-order valence-corrected chi connectivity index (χ3v) is 11.4. The third-order valence-electron chi connectivity index (χ3n) is 10.4. The minimum atomic E-state index is -4.62. The lowest BCUT2D eigenvalue weighted by atomic mass is 10.0. The highest BCUT2D eigenvalue weighted by Crippen LogP contribution is 2.38. The third kappa shape index (κ3) is 42.4. The van der Waals surface area contributed by atoms with E-state index < -0.39 is 26.5 Å². The van der Waals surface area contributed by atoms with Crippen LogP contribution in [0.2, 0.25) is 0 Å². The average molecular weight is 816 g/mol. The Hall–Kier alpha value is -1.25. The van der Waals surface area contributed by atoms with Gasteiger partial charge < -0.3 is 27.9 Å². The molecule has 0 saturated carbocycles. The van der Waals surface area contributed by atoms with Gasteiger partial charge in [-0.3, -0.25) is 14.2 Å². The van der Waals surface area contributed by atoms with Crippen molar-refractivity contribution in [3.05, 3.63) is 12.7 Å². The maximum Gasteiger partial charge on any atom is 0.306 e. The summed E-state index contributed by atoms with van der Waals surface area (Å²) in [6, 6.07) is 0. The first-order chi connectivity index (χ1) is 27.0. The van der Waals surface area contributed by atoms with Gasteiger partial charge in [0.05, 0.1) is 27.7 Å². The van der Waals surface area contributed by atoms with E-state index in [1.807, 2.05) is 27.2 Å². The molecule has 0 aromatic rings. The topological polar surface area (TPSA) is 111 Å². The van der Waals surface area contributed by atoms with Crippen LogP contribution in [0.15, 0.2) is 12.7 Å². The van der Waals surface area contributed by atoms with Crippen LogP contribution >= 0.6 is 7.82 Å². The first-order valence-electron chi connectivity index (χ1n) is 23.4.